The Hall–Kier alpha value is -1.53. The lowest BCUT2D eigenvalue weighted by atomic mass is 10.3. The van der Waals surface area contributed by atoms with Gasteiger partial charge in [0, 0.05) is 12.8 Å². The molecule has 6 heteroatoms. The minimum atomic E-state index is 0.607. The zero-order valence-electron chi connectivity index (χ0n) is 10.6. The van der Waals surface area contributed by atoms with E-state index in [4.69, 9.17) is 17.0 Å². The van der Waals surface area contributed by atoms with Crippen molar-refractivity contribution in [1.29, 1.82) is 0 Å². The van der Waals surface area contributed by atoms with Gasteiger partial charge in [0.05, 0.1) is 13.2 Å². The van der Waals surface area contributed by atoms with Crippen LogP contribution >= 0.6 is 12.2 Å². The van der Waals surface area contributed by atoms with Crippen LogP contribution in [0.25, 0.3) is 11.5 Å². The molecular formula is C13H16N4OS. The summed E-state index contributed by atoms with van der Waals surface area (Å²) in [4.78, 5) is 4.30. The number of hydrogen-bond acceptors (Lipinski definition) is 4. The fraction of sp³-hybridized carbons (Fsp3) is 0.462. The third kappa shape index (κ3) is 3.08. The topological polar surface area (TPSA) is 55.7 Å². The zero-order chi connectivity index (χ0) is 13.1. The summed E-state index contributed by atoms with van der Waals surface area (Å²) in [5.41, 5.74) is 0.817. The predicted molar refractivity (Wildman–Crippen MR) is 74.2 cm³/mol. The summed E-state index contributed by atoms with van der Waals surface area (Å²) in [5, 5.41) is 7.06. The van der Waals surface area contributed by atoms with Crippen LogP contribution in [0, 0.1) is 10.7 Å². The minimum absolute atomic E-state index is 0.607. The molecule has 1 aliphatic carbocycles. The second-order valence-corrected chi connectivity index (χ2v) is 5.12. The molecule has 2 aromatic rings. The summed E-state index contributed by atoms with van der Waals surface area (Å²) in [6.45, 7) is 2.22. The summed E-state index contributed by atoms with van der Waals surface area (Å²) in [6, 6.07) is 5.74. The van der Waals surface area contributed by atoms with Gasteiger partial charge < -0.3 is 4.74 Å². The predicted octanol–water partition coefficient (Wildman–Crippen LogP) is 2.43. The molecule has 0 aliphatic heterocycles. The Balaban J connectivity index is 1.69. The smallest absolute Gasteiger partial charge is 0.195 e. The fourth-order valence-corrected chi connectivity index (χ4v) is 2.13. The SMILES string of the molecule is S=c1[nH]nc(-c2ccccn2)n1CCOCC1CC1. The van der Waals surface area contributed by atoms with Crippen molar-refractivity contribution in [3.63, 3.8) is 0 Å². The molecule has 1 N–H and O–H groups in total. The van der Waals surface area contributed by atoms with Crippen molar-refractivity contribution < 1.29 is 4.74 Å². The van der Waals surface area contributed by atoms with Crippen LogP contribution < -0.4 is 0 Å². The van der Waals surface area contributed by atoms with Gasteiger partial charge in [-0.15, -0.1) is 0 Å². The van der Waals surface area contributed by atoms with Gasteiger partial charge in [0.1, 0.15) is 5.69 Å². The van der Waals surface area contributed by atoms with Gasteiger partial charge in [0.2, 0.25) is 0 Å². The van der Waals surface area contributed by atoms with Gasteiger partial charge in [-0.1, -0.05) is 6.07 Å². The molecule has 3 rings (SSSR count). The third-order valence-electron chi connectivity index (χ3n) is 3.16. The molecule has 0 unspecified atom stereocenters. The van der Waals surface area contributed by atoms with Crippen LogP contribution in [0.5, 0.6) is 0 Å². The van der Waals surface area contributed by atoms with E-state index in [1.165, 1.54) is 12.8 Å². The number of nitrogens with one attached hydrogen (secondary N) is 1. The van der Waals surface area contributed by atoms with Gasteiger partial charge in [-0.25, -0.2) is 0 Å². The Morgan fingerprint density at radius 1 is 1.42 bits per heavy atom. The van der Waals surface area contributed by atoms with Crippen molar-refractivity contribution in [2.24, 2.45) is 5.92 Å². The second-order valence-electron chi connectivity index (χ2n) is 4.74. The van der Waals surface area contributed by atoms with E-state index in [2.05, 4.69) is 15.2 Å². The standard InChI is InChI=1S/C13H16N4OS/c19-13-16-15-12(11-3-1-2-6-14-11)17(13)7-8-18-9-10-4-5-10/h1-3,6,10H,4-5,7-9H2,(H,16,19). The average molecular weight is 276 g/mol. The first-order chi connectivity index (χ1) is 9.34. The molecule has 0 saturated heterocycles. The molecule has 19 heavy (non-hydrogen) atoms. The Labute approximate surface area is 116 Å². The Morgan fingerprint density at radius 3 is 3.05 bits per heavy atom. The largest absolute Gasteiger partial charge is 0.379 e. The van der Waals surface area contributed by atoms with Crippen LogP contribution in [0.15, 0.2) is 24.4 Å². The number of pyridine rings is 1. The summed E-state index contributed by atoms with van der Waals surface area (Å²) in [5.74, 6) is 1.55. The quantitative estimate of drug-likeness (QED) is 0.650. The van der Waals surface area contributed by atoms with E-state index in [-0.39, 0.29) is 0 Å². The summed E-state index contributed by atoms with van der Waals surface area (Å²) in [6.07, 6.45) is 4.37. The lowest BCUT2D eigenvalue weighted by molar-refractivity contribution is 0.117. The molecule has 0 aromatic carbocycles. The highest BCUT2D eigenvalue weighted by molar-refractivity contribution is 7.71. The number of hydrogen-bond donors (Lipinski definition) is 1. The molecule has 0 spiro atoms. The summed E-state index contributed by atoms with van der Waals surface area (Å²) < 4.78 is 8.19. The molecular weight excluding hydrogens is 260 g/mol. The lowest BCUT2D eigenvalue weighted by Crippen LogP contribution is -2.09. The second kappa shape index (κ2) is 5.63. The maximum absolute atomic E-state index is 5.65. The van der Waals surface area contributed by atoms with E-state index in [1.54, 1.807) is 6.20 Å². The average Bonchev–Trinajstić information content (AvgIpc) is 3.20. The molecule has 0 bridgehead atoms. The number of rotatable bonds is 6. The van der Waals surface area contributed by atoms with E-state index >= 15 is 0 Å². The molecule has 1 fully saturated rings. The molecule has 1 saturated carbocycles. The Bertz CT molecular complexity index is 588. The van der Waals surface area contributed by atoms with Crippen LogP contribution in [0.4, 0.5) is 0 Å². The van der Waals surface area contributed by atoms with Gasteiger partial charge in [0.25, 0.3) is 0 Å². The van der Waals surface area contributed by atoms with Gasteiger partial charge in [-0.2, -0.15) is 5.10 Å². The number of H-pyrrole nitrogens is 1. The number of nitrogens with zero attached hydrogens (tertiary/aromatic N) is 3. The number of aromatic nitrogens is 4. The highest BCUT2D eigenvalue weighted by atomic mass is 32.1. The number of ether oxygens (including phenoxy) is 1. The van der Waals surface area contributed by atoms with Crippen LogP contribution in [0.2, 0.25) is 0 Å². The van der Waals surface area contributed by atoms with Crippen molar-refractivity contribution in [2.45, 2.75) is 19.4 Å². The van der Waals surface area contributed by atoms with Crippen molar-refractivity contribution in [3.05, 3.63) is 29.2 Å². The third-order valence-corrected chi connectivity index (χ3v) is 3.47. The molecule has 1 aliphatic rings. The zero-order valence-corrected chi connectivity index (χ0v) is 11.4. The number of aromatic amines is 1. The van der Waals surface area contributed by atoms with Crippen molar-refractivity contribution in [1.82, 2.24) is 19.7 Å². The van der Waals surface area contributed by atoms with Crippen LogP contribution in [-0.4, -0.2) is 33.0 Å². The lowest BCUT2D eigenvalue weighted by Gasteiger charge is -2.07. The van der Waals surface area contributed by atoms with E-state index in [0.717, 1.165) is 24.0 Å². The Morgan fingerprint density at radius 2 is 2.32 bits per heavy atom. The first-order valence-corrected chi connectivity index (χ1v) is 6.90. The normalized spacial score (nSPS) is 14.7. The molecule has 2 aromatic heterocycles. The summed E-state index contributed by atoms with van der Waals surface area (Å²) in [7, 11) is 0. The molecule has 0 atom stereocenters. The van der Waals surface area contributed by atoms with Crippen molar-refractivity contribution in [3.8, 4) is 11.5 Å². The monoisotopic (exact) mass is 276 g/mol. The molecule has 2 heterocycles. The first kappa shape index (κ1) is 12.5. The highest BCUT2D eigenvalue weighted by Gasteiger charge is 2.21. The van der Waals surface area contributed by atoms with Gasteiger partial charge in [-0.05, 0) is 43.1 Å². The maximum Gasteiger partial charge on any atom is 0.195 e. The van der Waals surface area contributed by atoms with Gasteiger partial charge >= 0.3 is 0 Å². The Kier molecular flexibility index (Phi) is 3.70. The van der Waals surface area contributed by atoms with Crippen LogP contribution in [0.1, 0.15) is 12.8 Å². The van der Waals surface area contributed by atoms with Crippen LogP contribution in [-0.2, 0) is 11.3 Å². The van der Waals surface area contributed by atoms with E-state index in [9.17, 15) is 0 Å². The molecule has 0 radical (unpaired) electrons. The van der Waals surface area contributed by atoms with Crippen LogP contribution in [0.3, 0.4) is 0 Å². The minimum Gasteiger partial charge on any atom is -0.379 e. The van der Waals surface area contributed by atoms with E-state index < -0.39 is 0 Å². The maximum atomic E-state index is 5.65. The first-order valence-electron chi connectivity index (χ1n) is 6.49. The van der Waals surface area contributed by atoms with Gasteiger partial charge in [0.15, 0.2) is 10.6 Å². The van der Waals surface area contributed by atoms with Gasteiger partial charge in [-0.3, -0.25) is 14.6 Å². The van der Waals surface area contributed by atoms with E-state index in [0.29, 0.717) is 17.9 Å². The highest BCUT2D eigenvalue weighted by Crippen LogP contribution is 2.28. The molecule has 5 nitrogen and oxygen atoms in total. The summed E-state index contributed by atoms with van der Waals surface area (Å²) >= 11 is 5.25. The van der Waals surface area contributed by atoms with Crippen molar-refractivity contribution in [2.75, 3.05) is 13.2 Å². The van der Waals surface area contributed by atoms with E-state index in [1.807, 2.05) is 22.8 Å². The molecule has 0 amide bonds. The fourth-order valence-electron chi connectivity index (χ4n) is 1.91. The molecule has 100 valence electrons. The van der Waals surface area contributed by atoms with Crippen molar-refractivity contribution >= 4 is 12.2 Å².